The van der Waals surface area contributed by atoms with E-state index in [0.717, 1.165) is 38.9 Å². The molecule has 126 valence electrons. The molecule has 2 aliphatic heterocycles. The lowest BCUT2D eigenvalue weighted by Gasteiger charge is -2.28. The molecule has 0 spiro atoms. The number of carboxylic acid groups (broad SMARTS) is 1. The number of likely N-dealkylation sites (tertiary alicyclic amines) is 1. The molecule has 0 aromatic heterocycles. The van der Waals surface area contributed by atoms with Gasteiger partial charge in [0.15, 0.2) is 0 Å². The van der Waals surface area contributed by atoms with Crippen LogP contribution in [0.5, 0.6) is 0 Å². The molecule has 2 saturated heterocycles. The number of amides is 1. The van der Waals surface area contributed by atoms with Crippen molar-refractivity contribution in [3.05, 3.63) is 0 Å². The third kappa shape index (κ3) is 3.80. The summed E-state index contributed by atoms with van der Waals surface area (Å²) in [6.07, 6.45) is 5.32. The van der Waals surface area contributed by atoms with E-state index in [4.69, 9.17) is 4.74 Å². The van der Waals surface area contributed by atoms with Crippen molar-refractivity contribution < 1.29 is 19.4 Å². The Kier molecular flexibility index (Phi) is 5.84. The number of carbonyl (C=O) groups excluding carboxylic acids is 1. The van der Waals surface area contributed by atoms with Crippen molar-refractivity contribution in [1.29, 1.82) is 0 Å². The first-order valence-corrected chi connectivity index (χ1v) is 8.54. The van der Waals surface area contributed by atoms with E-state index in [9.17, 15) is 14.7 Å². The van der Waals surface area contributed by atoms with Crippen LogP contribution in [-0.4, -0.2) is 48.2 Å². The second-order valence-corrected chi connectivity index (χ2v) is 7.13. The Labute approximate surface area is 133 Å². The number of ether oxygens (including phenoxy) is 1. The van der Waals surface area contributed by atoms with Gasteiger partial charge in [-0.1, -0.05) is 13.8 Å². The molecule has 5 heteroatoms. The van der Waals surface area contributed by atoms with Crippen molar-refractivity contribution in [3.63, 3.8) is 0 Å². The molecule has 2 aliphatic rings. The molecule has 0 saturated carbocycles. The predicted molar refractivity (Wildman–Crippen MR) is 83.5 cm³/mol. The fraction of sp³-hybridized carbons (Fsp3) is 0.882. The highest BCUT2D eigenvalue weighted by Crippen LogP contribution is 2.38. The second-order valence-electron chi connectivity index (χ2n) is 7.13. The lowest BCUT2D eigenvalue weighted by molar-refractivity contribution is -0.151. The van der Waals surface area contributed by atoms with Crippen molar-refractivity contribution in [2.75, 3.05) is 26.3 Å². The van der Waals surface area contributed by atoms with Gasteiger partial charge in [-0.3, -0.25) is 9.59 Å². The molecular formula is C17H29NO4. The van der Waals surface area contributed by atoms with Gasteiger partial charge in [0.1, 0.15) is 0 Å². The summed E-state index contributed by atoms with van der Waals surface area (Å²) in [5.74, 6) is 0.0924. The summed E-state index contributed by atoms with van der Waals surface area (Å²) in [4.78, 5) is 25.7. The minimum absolute atomic E-state index is 0.0463. The highest BCUT2D eigenvalue weighted by molar-refractivity contribution is 5.80. The van der Waals surface area contributed by atoms with Gasteiger partial charge in [-0.2, -0.15) is 0 Å². The smallest absolute Gasteiger partial charge is 0.311 e. The lowest BCUT2D eigenvalue weighted by atomic mass is 9.76. The number of carbonyl (C=O) groups is 2. The number of rotatable bonds is 6. The van der Waals surface area contributed by atoms with E-state index >= 15 is 0 Å². The van der Waals surface area contributed by atoms with Crippen LogP contribution in [-0.2, 0) is 14.3 Å². The quantitative estimate of drug-likeness (QED) is 0.818. The SMILES string of the molecule is CC(C)C1(C(=O)O)CCN(C(=O)CCCC2CCOCC2)C1. The van der Waals surface area contributed by atoms with Crippen molar-refractivity contribution >= 4 is 11.9 Å². The van der Waals surface area contributed by atoms with E-state index in [1.54, 1.807) is 4.90 Å². The molecule has 1 unspecified atom stereocenters. The predicted octanol–water partition coefficient (Wildman–Crippen LogP) is 2.54. The van der Waals surface area contributed by atoms with Gasteiger partial charge in [0.2, 0.25) is 5.91 Å². The Morgan fingerprint density at radius 1 is 1.32 bits per heavy atom. The zero-order valence-electron chi connectivity index (χ0n) is 13.8. The largest absolute Gasteiger partial charge is 0.481 e. The first kappa shape index (κ1) is 17.3. The van der Waals surface area contributed by atoms with Crippen LogP contribution in [0.2, 0.25) is 0 Å². The molecule has 0 radical (unpaired) electrons. The molecule has 0 aromatic rings. The summed E-state index contributed by atoms with van der Waals surface area (Å²) in [7, 11) is 0. The van der Waals surface area contributed by atoms with Crippen LogP contribution < -0.4 is 0 Å². The van der Waals surface area contributed by atoms with E-state index in [-0.39, 0.29) is 11.8 Å². The molecule has 5 nitrogen and oxygen atoms in total. The lowest BCUT2D eigenvalue weighted by Crippen LogP contribution is -2.40. The first-order valence-electron chi connectivity index (χ1n) is 8.54. The van der Waals surface area contributed by atoms with E-state index in [1.165, 1.54) is 0 Å². The Hall–Kier alpha value is -1.10. The number of hydrogen-bond donors (Lipinski definition) is 1. The zero-order chi connectivity index (χ0) is 16.2. The van der Waals surface area contributed by atoms with Crippen LogP contribution >= 0.6 is 0 Å². The molecule has 0 bridgehead atoms. The van der Waals surface area contributed by atoms with Gasteiger partial charge in [-0.25, -0.2) is 0 Å². The molecule has 2 heterocycles. The Bertz CT molecular complexity index is 403. The number of aliphatic carboxylic acids is 1. The second kappa shape index (κ2) is 7.44. The van der Waals surface area contributed by atoms with Crippen LogP contribution in [0.25, 0.3) is 0 Å². The highest BCUT2D eigenvalue weighted by atomic mass is 16.5. The maximum atomic E-state index is 12.3. The first-order chi connectivity index (χ1) is 10.5. The van der Waals surface area contributed by atoms with Crippen LogP contribution in [0.1, 0.15) is 52.4 Å². The van der Waals surface area contributed by atoms with E-state index in [1.807, 2.05) is 13.8 Å². The van der Waals surface area contributed by atoms with Crippen molar-refractivity contribution in [3.8, 4) is 0 Å². The molecule has 1 atom stereocenters. The van der Waals surface area contributed by atoms with Crippen LogP contribution in [0.3, 0.4) is 0 Å². The minimum atomic E-state index is -0.764. The summed E-state index contributed by atoms with van der Waals surface area (Å²) >= 11 is 0. The molecule has 22 heavy (non-hydrogen) atoms. The normalized spacial score (nSPS) is 26.6. The van der Waals surface area contributed by atoms with E-state index in [2.05, 4.69) is 0 Å². The summed E-state index contributed by atoms with van der Waals surface area (Å²) in [6.45, 7) is 6.53. The van der Waals surface area contributed by atoms with Crippen LogP contribution in [0, 0.1) is 17.3 Å². The standard InChI is InChI=1S/C17H29NO4/c1-13(2)17(16(20)21)8-9-18(12-17)15(19)5-3-4-14-6-10-22-11-7-14/h13-14H,3-12H2,1-2H3,(H,20,21). The Balaban J connectivity index is 1.77. The fourth-order valence-electron chi connectivity index (χ4n) is 3.67. The molecule has 1 amide bonds. The van der Waals surface area contributed by atoms with Crippen molar-refractivity contribution in [2.24, 2.45) is 17.3 Å². The average Bonchev–Trinajstić information content (AvgIpc) is 2.95. The third-order valence-corrected chi connectivity index (χ3v) is 5.53. The topological polar surface area (TPSA) is 66.8 Å². The Morgan fingerprint density at radius 3 is 2.55 bits per heavy atom. The number of hydrogen-bond acceptors (Lipinski definition) is 3. The summed E-state index contributed by atoms with van der Waals surface area (Å²) in [5.41, 5.74) is -0.754. The molecule has 0 aliphatic carbocycles. The summed E-state index contributed by atoms with van der Waals surface area (Å²) in [5, 5.41) is 9.53. The van der Waals surface area contributed by atoms with Crippen molar-refractivity contribution in [1.82, 2.24) is 4.90 Å². The fourth-order valence-corrected chi connectivity index (χ4v) is 3.67. The van der Waals surface area contributed by atoms with Crippen LogP contribution in [0.4, 0.5) is 0 Å². The maximum Gasteiger partial charge on any atom is 0.311 e. The molecule has 2 fully saturated rings. The van der Waals surface area contributed by atoms with E-state index < -0.39 is 11.4 Å². The number of carboxylic acids is 1. The van der Waals surface area contributed by atoms with Gasteiger partial charge in [0.25, 0.3) is 0 Å². The molecule has 2 rings (SSSR count). The van der Waals surface area contributed by atoms with Crippen LogP contribution in [0.15, 0.2) is 0 Å². The summed E-state index contributed by atoms with van der Waals surface area (Å²) in [6, 6.07) is 0. The van der Waals surface area contributed by atoms with Gasteiger partial charge in [0.05, 0.1) is 5.41 Å². The van der Waals surface area contributed by atoms with Gasteiger partial charge >= 0.3 is 5.97 Å². The van der Waals surface area contributed by atoms with Gasteiger partial charge < -0.3 is 14.7 Å². The molecule has 0 aromatic carbocycles. The summed E-state index contributed by atoms with van der Waals surface area (Å²) < 4.78 is 5.35. The monoisotopic (exact) mass is 311 g/mol. The molecular weight excluding hydrogens is 282 g/mol. The van der Waals surface area contributed by atoms with Gasteiger partial charge in [0, 0.05) is 32.7 Å². The maximum absolute atomic E-state index is 12.3. The Morgan fingerprint density at radius 2 is 2.00 bits per heavy atom. The van der Waals surface area contributed by atoms with Gasteiger partial charge in [-0.15, -0.1) is 0 Å². The van der Waals surface area contributed by atoms with E-state index in [0.29, 0.717) is 31.8 Å². The van der Waals surface area contributed by atoms with Crippen molar-refractivity contribution in [2.45, 2.75) is 52.4 Å². The van der Waals surface area contributed by atoms with Gasteiger partial charge in [-0.05, 0) is 43.9 Å². The number of nitrogens with zero attached hydrogens (tertiary/aromatic N) is 1. The zero-order valence-corrected chi connectivity index (χ0v) is 13.8. The average molecular weight is 311 g/mol. The molecule has 1 N–H and O–H groups in total. The third-order valence-electron chi connectivity index (χ3n) is 5.53. The minimum Gasteiger partial charge on any atom is -0.481 e. The highest BCUT2D eigenvalue weighted by Gasteiger charge is 2.48.